The normalized spacial score (nSPS) is 20.7. The second kappa shape index (κ2) is 5.92. The van der Waals surface area contributed by atoms with Gasteiger partial charge >= 0.3 is 0 Å². The number of hydrogen-bond acceptors (Lipinski definition) is 2. The van der Waals surface area contributed by atoms with Gasteiger partial charge in [-0.3, -0.25) is 4.79 Å². The van der Waals surface area contributed by atoms with E-state index in [4.69, 9.17) is 4.74 Å². The number of carbonyl (C=O) groups is 1. The number of hydrogen-bond donors (Lipinski definition) is 1. The largest absolute Gasteiger partial charge is 0.381 e. The number of rotatable bonds is 3. The summed E-state index contributed by atoms with van der Waals surface area (Å²) in [4.78, 5) is 12.3. The second-order valence-corrected chi connectivity index (χ2v) is 6.42. The van der Waals surface area contributed by atoms with Gasteiger partial charge in [0.1, 0.15) is 5.82 Å². The van der Waals surface area contributed by atoms with Crippen molar-refractivity contribution in [2.24, 2.45) is 11.3 Å². The number of halogens is 1. The van der Waals surface area contributed by atoms with Crippen molar-refractivity contribution in [2.75, 3.05) is 13.2 Å². The molecule has 1 fully saturated rings. The molecule has 3 nitrogen and oxygen atoms in total. The van der Waals surface area contributed by atoms with Gasteiger partial charge in [0.25, 0.3) is 0 Å². The number of amides is 1. The van der Waals surface area contributed by atoms with Gasteiger partial charge in [-0.1, -0.05) is 32.9 Å². The van der Waals surface area contributed by atoms with Gasteiger partial charge in [0.15, 0.2) is 0 Å². The van der Waals surface area contributed by atoms with E-state index >= 15 is 0 Å². The zero-order valence-corrected chi connectivity index (χ0v) is 12.3. The van der Waals surface area contributed by atoms with Crippen LogP contribution in [0.3, 0.4) is 0 Å². The van der Waals surface area contributed by atoms with Crippen molar-refractivity contribution in [1.29, 1.82) is 0 Å². The molecule has 1 amide bonds. The second-order valence-electron chi connectivity index (χ2n) is 6.42. The monoisotopic (exact) mass is 279 g/mol. The lowest BCUT2D eigenvalue weighted by Crippen LogP contribution is -2.40. The Balaban J connectivity index is 2.18. The van der Waals surface area contributed by atoms with Gasteiger partial charge in [-0.25, -0.2) is 4.39 Å². The molecule has 2 rings (SSSR count). The predicted octanol–water partition coefficient (Wildman–Crippen LogP) is 3.07. The van der Waals surface area contributed by atoms with E-state index in [-0.39, 0.29) is 29.1 Å². The van der Waals surface area contributed by atoms with Crippen LogP contribution in [0.15, 0.2) is 24.3 Å². The molecule has 1 saturated heterocycles. The summed E-state index contributed by atoms with van der Waals surface area (Å²) in [6.07, 6.45) is 0.756. The number of nitrogens with one attached hydrogen (secondary N) is 1. The average Bonchev–Trinajstić information content (AvgIpc) is 2.88. The molecule has 0 aliphatic carbocycles. The summed E-state index contributed by atoms with van der Waals surface area (Å²) < 4.78 is 18.7. The van der Waals surface area contributed by atoms with Crippen LogP contribution >= 0.6 is 0 Å². The molecule has 0 spiro atoms. The molecule has 1 aliphatic heterocycles. The topological polar surface area (TPSA) is 38.3 Å². The standard InChI is InChI=1S/C16H22FNO2/c1-16(2,3)14(11-5-4-6-13(17)9-11)18-15(19)12-7-8-20-10-12/h4-6,9,12,14H,7-8,10H2,1-3H3,(H,18,19)/t12-,14-/m0/s1. The zero-order valence-electron chi connectivity index (χ0n) is 12.3. The Kier molecular flexibility index (Phi) is 4.43. The lowest BCUT2D eigenvalue weighted by atomic mass is 9.82. The van der Waals surface area contributed by atoms with Crippen LogP contribution in [-0.2, 0) is 9.53 Å². The molecule has 4 heteroatoms. The van der Waals surface area contributed by atoms with Crippen LogP contribution in [0.4, 0.5) is 4.39 Å². The molecule has 1 aliphatic rings. The fourth-order valence-electron chi connectivity index (χ4n) is 2.49. The molecule has 110 valence electrons. The van der Waals surface area contributed by atoms with E-state index in [1.807, 2.05) is 26.8 Å². The summed E-state index contributed by atoms with van der Waals surface area (Å²) >= 11 is 0. The van der Waals surface area contributed by atoms with E-state index in [1.165, 1.54) is 12.1 Å². The summed E-state index contributed by atoms with van der Waals surface area (Å²) in [5, 5.41) is 3.06. The van der Waals surface area contributed by atoms with Crippen LogP contribution in [0, 0.1) is 17.2 Å². The Morgan fingerprint density at radius 3 is 2.75 bits per heavy atom. The highest BCUT2D eigenvalue weighted by atomic mass is 19.1. The fourth-order valence-corrected chi connectivity index (χ4v) is 2.49. The maximum absolute atomic E-state index is 13.4. The Hall–Kier alpha value is -1.42. The van der Waals surface area contributed by atoms with E-state index < -0.39 is 0 Å². The lowest BCUT2D eigenvalue weighted by molar-refractivity contribution is -0.126. The molecular weight excluding hydrogens is 257 g/mol. The Morgan fingerprint density at radius 1 is 1.45 bits per heavy atom. The molecule has 1 aromatic rings. The molecule has 1 N–H and O–H groups in total. The quantitative estimate of drug-likeness (QED) is 0.923. The highest BCUT2D eigenvalue weighted by Crippen LogP contribution is 2.33. The maximum atomic E-state index is 13.4. The first-order valence-electron chi connectivity index (χ1n) is 7.01. The molecule has 20 heavy (non-hydrogen) atoms. The van der Waals surface area contributed by atoms with Crippen molar-refractivity contribution in [3.8, 4) is 0 Å². The van der Waals surface area contributed by atoms with E-state index in [0.717, 1.165) is 12.0 Å². The highest BCUT2D eigenvalue weighted by Gasteiger charge is 2.31. The third kappa shape index (κ3) is 3.57. The third-order valence-corrected chi connectivity index (χ3v) is 3.64. The molecule has 0 aromatic heterocycles. The molecule has 2 atom stereocenters. The molecule has 0 radical (unpaired) electrons. The van der Waals surface area contributed by atoms with Crippen LogP contribution < -0.4 is 5.32 Å². The van der Waals surface area contributed by atoms with Crippen molar-refractivity contribution >= 4 is 5.91 Å². The van der Waals surface area contributed by atoms with Crippen LogP contribution in [0.2, 0.25) is 0 Å². The highest BCUT2D eigenvalue weighted by molar-refractivity contribution is 5.79. The minimum Gasteiger partial charge on any atom is -0.381 e. The van der Waals surface area contributed by atoms with Gasteiger partial charge in [-0.2, -0.15) is 0 Å². The zero-order chi connectivity index (χ0) is 14.8. The van der Waals surface area contributed by atoms with Crippen molar-refractivity contribution in [3.63, 3.8) is 0 Å². The van der Waals surface area contributed by atoms with Crippen LogP contribution in [0.25, 0.3) is 0 Å². The fraction of sp³-hybridized carbons (Fsp3) is 0.562. The van der Waals surface area contributed by atoms with Gasteiger partial charge in [-0.15, -0.1) is 0 Å². The Labute approximate surface area is 119 Å². The SMILES string of the molecule is CC(C)(C)[C@@H](NC(=O)[C@H]1CCOC1)c1cccc(F)c1. The van der Waals surface area contributed by atoms with E-state index in [2.05, 4.69) is 5.32 Å². The molecule has 1 aromatic carbocycles. The van der Waals surface area contributed by atoms with E-state index in [9.17, 15) is 9.18 Å². The summed E-state index contributed by atoms with van der Waals surface area (Å²) in [6.45, 7) is 7.22. The number of ether oxygens (including phenoxy) is 1. The van der Waals surface area contributed by atoms with Crippen LogP contribution in [0.1, 0.15) is 38.8 Å². The molecule has 0 bridgehead atoms. The minimum absolute atomic E-state index is 0.00770. The summed E-state index contributed by atoms with van der Waals surface area (Å²) in [5.41, 5.74) is 0.605. The van der Waals surface area contributed by atoms with Crippen molar-refractivity contribution in [3.05, 3.63) is 35.6 Å². The molecular formula is C16H22FNO2. The third-order valence-electron chi connectivity index (χ3n) is 3.64. The first-order chi connectivity index (χ1) is 9.38. The smallest absolute Gasteiger partial charge is 0.226 e. The van der Waals surface area contributed by atoms with Crippen LogP contribution in [0.5, 0.6) is 0 Å². The Morgan fingerprint density at radius 2 is 2.20 bits per heavy atom. The molecule has 1 heterocycles. The average molecular weight is 279 g/mol. The summed E-state index contributed by atoms with van der Waals surface area (Å²) in [6, 6.07) is 6.21. The first-order valence-corrected chi connectivity index (χ1v) is 7.01. The van der Waals surface area contributed by atoms with Gasteiger partial charge in [0, 0.05) is 6.61 Å². The predicted molar refractivity (Wildman–Crippen MR) is 75.7 cm³/mol. The summed E-state index contributed by atoms with van der Waals surface area (Å²) in [7, 11) is 0. The maximum Gasteiger partial charge on any atom is 0.226 e. The van der Waals surface area contributed by atoms with Crippen LogP contribution in [-0.4, -0.2) is 19.1 Å². The number of carbonyl (C=O) groups excluding carboxylic acids is 1. The van der Waals surface area contributed by atoms with Gasteiger partial charge in [-0.05, 0) is 29.5 Å². The minimum atomic E-state index is -0.282. The van der Waals surface area contributed by atoms with Gasteiger partial charge in [0.2, 0.25) is 5.91 Å². The number of benzene rings is 1. The van der Waals surface area contributed by atoms with Gasteiger partial charge in [0.05, 0.1) is 18.6 Å². The van der Waals surface area contributed by atoms with E-state index in [1.54, 1.807) is 6.07 Å². The van der Waals surface area contributed by atoms with Gasteiger partial charge < -0.3 is 10.1 Å². The summed E-state index contributed by atoms with van der Waals surface area (Å²) in [5.74, 6) is -0.379. The van der Waals surface area contributed by atoms with Crippen molar-refractivity contribution in [2.45, 2.75) is 33.2 Å². The Bertz CT molecular complexity index is 476. The van der Waals surface area contributed by atoms with Crippen molar-refractivity contribution < 1.29 is 13.9 Å². The van der Waals surface area contributed by atoms with Crippen molar-refractivity contribution in [1.82, 2.24) is 5.32 Å². The molecule has 0 saturated carbocycles. The first kappa shape index (κ1) is 15.0. The lowest BCUT2D eigenvalue weighted by Gasteiger charge is -2.32. The molecule has 0 unspecified atom stereocenters. The van der Waals surface area contributed by atoms with E-state index in [0.29, 0.717) is 13.2 Å².